The van der Waals surface area contributed by atoms with E-state index in [0.29, 0.717) is 11.1 Å². The van der Waals surface area contributed by atoms with Gasteiger partial charge in [-0.2, -0.15) is 18.2 Å². The number of halogens is 4. The maximum atomic E-state index is 15.1. The molecular weight excluding hydrogens is 484 g/mol. The van der Waals surface area contributed by atoms with E-state index in [0.717, 1.165) is 4.57 Å². The molecule has 0 radical (unpaired) electrons. The summed E-state index contributed by atoms with van der Waals surface area (Å²) in [6.07, 6.45) is -6.22. The van der Waals surface area contributed by atoms with Gasteiger partial charge in [-0.25, -0.2) is 9.18 Å². The molecule has 0 saturated carbocycles. The molecule has 1 aliphatic heterocycles. The van der Waals surface area contributed by atoms with Gasteiger partial charge in [0.15, 0.2) is 0 Å². The topological polar surface area (TPSA) is 111 Å². The molecule has 196 valence electrons. The number of nitrogens with zero attached hydrogens (tertiary/aromatic N) is 4. The third-order valence-electron chi connectivity index (χ3n) is 5.69. The summed E-state index contributed by atoms with van der Waals surface area (Å²) in [5, 5.41) is 7.33. The highest BCUT2D eigenvalue weighted by Crippen LogP contribution is 2.35. The number of likely N-dealkylation sites (tertiary alicyclic amines) is 1. The number of carbonyl (C=O) groups excluding carboxylic acids is 1. The van der Waals surface area contributed by atoms with Crippen LogP contribution in [0.15, 0.2) is 28.8 Å². The molecular formula is C23H28F4N6O3. The van der Waals surface area contributed by atoms with Gasteiger partial charge in [-0.3, -0.25) is 0 Å². The van der Waals surface area contributed by atoms with Crippen molar-refractivity contribution < 1.29 is 31.6 Å². The van der Waals surface area contributed by atoms with Gasteiger partial charge in [-0.15, -0.1) is 0 Å². The molecule has 1 aliphatic rings. The number of piperidine rings is 1. The molecule has 3 heterocycles. The minimum absolute atomic E-state index is 0.0316. The van der Waals surface area contributed by atoms with E-state index in [1.165, 1.54) is 17.0 Å². The zero-order valence-electron chi connectivity index (χ0n) is 20.1. The molecule has 1 saturated heterocycles. The number of fused-ring (bicyclic) bond motifs is 1. The van der Waals surface area contributed by atoms with Crippen LogP contribution in [-0.4, -0.2) is 62.8 Å². The number of nitrogens with two attached hydrogens (primary N) is 1. The largest absolute Gasteiger partial charge is 0.444 e. The normalized spacial score (nSPS) is 19.1. The Kier molecular flexibility index (Phi) is 6.86. The average molecular weight is 513 g/mol. The molecule has 13 heteroatoms. The zero-order chi connectivity index (χ0) is 26.3. The van der Waals surface area contributed by atoms with Gasteiger partial charge in [0, 0.05) is 17.6 Å². The van der Waals surface area contributed by atoms with Crippen LogP contribution in [0, 0.1) is 0 Å². The minimum atomic E-state index is -4.51. The predicted octanol–water partition coefficient (Wildman–Crippen LogP) is 4.47. The smallest absolute Gasteiger partial charge is 0.410 e. The average Bonchev–Trinajstić information content (AvgIpc) is 3.38. The van der Waals surface area contributed by atoms with Crippen LogP contribution in [0.2, 0.25) is 0 Å². The van der Waals surface area contributed by atoms with E-state index in [1.807, 2.05) is 0 Å². The summed E-state index contributed by atoms with van der Waals surface area (Å²) in [5.41, 5.74) is 5.62. The fourth-order valence-electron chi connectivity index (χ4n) is 4.15. The van der Waals surface area contributed by atoms with Gasteiger partial charge in [0.1, 0.15) is 18.3 Å². The first-order valence-corrected chi connectivity index (χ1v) is 11.4. The van der Waals surface area contributed by atoms with E-state index in [-0.39, 0.29) is 49.0 Å². The molecule has 36 heavy (non-hydrogen) atoms. The lowest BCUT2D eigenvalue weighted by atomic mass is 10.0. The van der Waals surface area contributed by atoms with Crippen LogP contribution in [0.4, 0.5) is 28.0 Å². The van der Waals surface area contributed by atoms with E-state index in [9.17, 15) is 18.0 Å². The number of aromatic nitrogens is 3. The Bertz CT molecular complexity index is 1230. The molecule has 3 N–H and O–H groups in total. The number of benzene rings is 1. The third kappa shape index (κ3) is 5.72. The number of alkyl halides is 4. The number of ether oxygens (including phenoxy) is 1. The first-order chi connectivity index (χ1) is 16.8. The number of hydrogen-bond acceptors (Lipinski definition) is 7. The second-order valence-corrected chi connectivity index (χ2v) is 9.67. The molecule has 3 aromatic rings. The molecule has 0 unspecified atom stereocenters. The van der Waals surface area contributed by atoms with Gasteiger partial charge in [-0.1, -0.05) is 11.2 Å². The highest BCUT2D eigenvalue weighted by atomic mass is 19.4. The molecule has 4 rings (SSSR count). The summed E-state index contributed by atoms with van der Waals surface area (Å²) < 4.78 is 66.7. The molecule has 0 spiro atoms. The standard InChI is InChI=1S/C23H28F4N6O3/c1-22(2,3)35-21(34)32-8-7-16(14(24)11-32)29-15-5-4-6-17-13(15)9-18(33(17)12-23(25,26)27)20-30-19(10-28)36-31-20/h4-6,9,14,16,29H,7-8,10-12,28H2,1-3H3/t14-,16+/m1/s1. The number of hydrogen-bond donors (Lipinski definition) is 2. The Morgan fingerprint density at radius 1 is 1.31 bits per heavy atom. The molecule has 0 aliphatic carbocycles. The lowest BCUT2D eigenvalue weighted by molar-refractivity contribution is -0.139. The number of anilines is 1. The number of rotatable bonds is 5. The van der Waals surface area contributed by atoms with Crippen molar-refractivity contribution in [2.45, 2.75) is 64.3 Å². The highest BCUT2D eigenvalue weighted by Gasteiger charge is 2.35. The molecule has 0 bridgehead atoms. The van der Waals surface area contributed by atoms with Crippen LogP contribution >= 0.6 is 0 Å². The van der Waals surface area contributed by atoms with Crippen molar-refractivity contribution in [3.8, 4) is 11.5 Å². The van der Waals surface area contributed by atoms with Crippen molar-refractivity contribution in [3.63, 3.8) is 0 Å². The monoisotopic (exact) mass is 512 g/mol. The minimum Gasteiger partial charge on any atom is -0.444 e. The Morgan fingerprint density at radius 2 is 2.06 bits per heavy atom. The molecule has 1 aromatic carbocycles. The lowest BCUT2D eigenvalue weighted by Gasteiger charge is -2.36. The summed E-state index contributed by atoms with van der Waals surface area (Å²) in [7, 11) is 0. The number of amides is 1. The van der Waals surface area contributed by atoms with Crippen molar-refractivity contribution >= 4 is 22.7 Å². The van der Waals surface area contributed by atoms with Gasteiger partial charge in [0.05, 0.1) is 30.3 Å². The molecule has 9 nitrogen and oxygen atoms in total. The van der Waals surface area contributed by atoms with Crippen LogP contribution in [0.3, 0.4) is 0 Å². The van der Waals surface area contributed by atoms with Crippen LogP contribution in [0.25, 0.3) is 22.4 Å². The van der Waals surface area contributed by atoms with Gasteiger partial charge < -0.3 is 29.8 Å². The van der Waals surface area contributed by atoms with E-state index < -0.39 is 36.6 Å². The summed E-state index contributed by atoms with van der Waals surface area (Å²) in [4.78, 5) is 17.7. The van der Waals surface area contributed by atoms with Gasteiger partial charge in [0.25, 0.3) is 0 Å². The van der Waals surface area contributed by atoms with Crippen molar-refractivity contribution in [2.24, 2.45) is 5.73 Å². The van der Waals surface area contributed by atoms with E-state index in [4.69, 9.17) is 15.0 Å². The predicted molar refractivity (Wildman–Crippen MR) is 124 cm³/mol. The van der Waals surface area contributed by atoms with E-state index in [1.54, 1.807) is 32.9 Å². The number of nitrogens with one attached hydrogen (secondary N) is 1. The van der Waals surface area contributed by atoms with Crippen molar-refractivity contribution in [3.05, 3.63) is 30.2 Å². The lowest BCUT2D eigenvalue weighted by Crippen LogP contribution is -2.51. The van der Waals surface area contributed by atoms with Crippen LogP contribution in [-0.2, 0) is 17.8 Å². The molecule has 1 amide bonds. The van der Waals surface area contributed by atoms with Crippen molar-refractivity contribution in [1.82, 2.24) is 19.6 Å². The van der Waals surface area contributed by atoms with Crippen molar-refractivity contribution in [1.29, 1.82) is 0 Å². The van der Waals surface area contributed by atoms with Crippen LogP contribution < -0.4 is 11.1 Å². The van der Waals surface area contributed by atoms with Gasteiger partial charge in [0.2, 0.25) is 11.7 Å². The number of carbonyl (C=O) groups is 1. The van der Waals surface area contributed by atoms with Crippen LogP contribution in [0.5, 0.6) is 0 Å². The Labute approximate surface area is 204 Å². The second kappa shape index (κ2) is 9.60. The summed E-state index contributed by atoms with van der Waals surface area (Å²) in [5.74, 6) is 0.0556. The summed E-state index contributed by atoms with van der Waals surface area (Å²) in [6, 6.07) is 5.65. The quantitative estimate of drug-likeness (QED) is 0.485. The second-order valence-electron chi connectivity index (χ2n) is 9.67. The third-order valence-corrected chi connectivity index (χ3v) is 5.69. The maximum absolute atomic E-state index is 15.1. The van der Waals surface area contributed by atoms with Gasteiger partial charge in [-0.05, 0) is 45.4 Å². The maximum Gasteiger partial charge on any atom is 0.410 e. The van der Waals surface area contributed by atoms with Crippen LogP contribution in [0.1, 0.15) is 33.1 Å². The Morgan fingerprint density at radius 3 is 2.67 bits per heavy atom. The van der Waals surface area contributed by atoms with E-state index >= 15 is 4.39 Å². The Hall–Kier alpha value is -3.35. The first kappa shape index (κ1) is 25.7. The SMILES string of the molecule is CC(C)(C)OC(=O)N1CC[C@H](Nc2cccc3c2cc(-c2noc(CN)n2)n3CC(F)(F)F)[C@H](F)C1. The summed E-state index contributed by atoms with van der Waals surface area (Å²) in [6.45, 7) is 3.98. The Balaban J connectivity index is 1.61. The van der Waals surface area contributed by atoms with Crippen molar-refractivity contribution in [2.75, 3.05) is 18.4 Å². The fourth-order valence-corrected chi connectivity index (χ4v) is 4.15. The zero-order valence-corrected chi connectivity index (χ0v) is 20.1. The van der Waals surface area contributed by atoms with Gasteiger partial charge >= 0.3 is 12.3 Å². The van der Waals surface area contributed by atoms with E-state index in [2.05, 4.69) is 15.5 Å². The molecule has 2 aromatic heterocycles. The highest BCUT2D eigenvalue weighted by molar-refractivity contribution is 5.96. The first-order valence-electron chi connectivity index (χ1n) is 11.4. The fraction of sp³-hybridized carbons (Fsp3) is 0.522. The molecule has 1 fully saturated rings. The summed E-state index contributed by atoms with van der Waals surface area (Å²) >= 11 is 0. The molecule has 2 atom stereocenters.